The summed E-state index contributed by atoms with van der Waals surface area (Å²) in [4.78, 5) is 12.0. The summed E-state index contributed by atoms with van der Waals surface area (Å²) in [6.45, 7) is 0. The minimum atomic E-state index is 0.542. The predicted molar refractivity (Wildman–Crippen MR) is 180 cm³/mol. The third-order valence-electron chi connectivity index (χ3n) is 7.92. The maximum absolute atomic E-state index is 6.23. The Morgan fingerprint density at radius 1 is 0.455 bits per heavy atom. The fourth-order valence-corrected chi connectivity index (χ4v) is 6.91. The molecule has 0 aliphatic carbocycles. The molecular weight excluding hydrogens is 563 g/mol. The van der Waals surface area contributed by atoms with Crippen molar-refractivity contribution >= 4 is 70.8 Å². The second-order valence-corrected chi connectivity index (χ2v) is 11.8. The SMILES string of the molecule is c1ccc(N(c2ccccc2)c2ccc3oc(-c4ccc5oc(-c6ccc7sc8ccccc8c7c6)nc5c4)nc3c2)cc1. The molecule has 6 heteroatoms. The van der Waals surface area contributed by atoms with Crippen molar-refractivity contribution in [3.63, 3.8) is 0 Å². The first-order valence-corrected chi connectivity index (χ1v) is 15.2. The van der Waals surface area contributed by atoms with Gasteiger partial charge in [0.05, 0.1) is 0 Å². The van der Waals surface area contributed by atoms with Gasteiger partial charge < -0.3 is 13.7 Å². The average molecular weight is 586 g/mol. The molecule has 0 aliphatic heterocycles. The molecule has 5 nitrogen and oxygen atoms in total. The van der Waals surface area contributed by atoms with Crippen molar-refractivity contribution in [2.75, 3.05) is 4.90 Å². The lowest BCUT2D eigenvalue weighted by Gasteiger charge is -2.25. The van der Waals surface area contributed by atoms with Gasteiger partial charge in [0.1, 0.15) is 11.0 Å². The highest BCUT2D eigenvalue weighted by atomic mass is 32.1. The van der Waals surface area contributed by atoms with Gasteiger partial charge in [0.15, 0.2) is 11.2 Å². The molecule has 0 N–H and O–H groups in total. The maximum atomic E-state index is 6.23. The van der Waals surface area contributed by atoms with Crippen molar-refractivity contribution in [2.24, 2.45) is 0 Å². The molecule has 0 unspecified atom stereocenters. The Morgan fingerprint density at radius 3 is 1.75 bits per heavy atom. The molecule has 0 saturated carbocycles. The summed E-state index contributed by atoms with van der Waals surface area (Å²) in [6, 6.07) is 47.6. The number of thiophene rings is 1. The smallest absolute Gasteiger partial charge is 0.227 e. The van der Waals surface area contributed by atoms with Crippen LogP contribution in [0.3, 0.4) is 0 Å². The van der Waals surface area contributed by atoms with Crippen molar-refractivity contribution < 1.29 is 8.83 Å². The molecule has 44 heavy (non-hydrogen) atoms. The van der Waals surface area contributed by atoms with E-state index in [9.17, 15) is 0 Å². The standard InChI is InChI=1S/C38H23N3O2S/c1-3-9-26(10-4-1)41(27-11-5-2-6-12-27)28-17-19-34-32(23-28)40-38(43-34)25-15-18-33-31(22-25)39-37(42-33)24-16-20-36-30(21-24)29-13-7-8-14-35(29)44-36/h1-23H. The Morgan fingerprint density at radius 2 is 1.02 bits per heavy atom. The van der Waals surface area contributed by atoms with E-state index in [1.807, 2.05) is 60.7 Å². The van der Waals surface area contributed by atoms with E-state index in [4.69, 9.17) is 18.8 Å². The summed E-state index contributed by atoms with van der Waals surface area (Å²) in [5, 5.41) is 2.47. The van der Waals surface area contributed by atoms with E-state index < -0.39 is 0 Å². The van der Waals surface area contributed by atoms with Crippen molar-refractivity contribution in [2.45, 2.75) is 0 Å². The minimum Gasteiger partial charge on any atom is -0.436 e. The number of nitrogens with zero attached hydrogens (tertiary/aromatic N) is 3. The molecule has 3 aromatic heterocycles. The van der Waals surface area contributed by atoms with Crippen molar-refractivity contribution in [1.29, 1.82) is 0 Å². The van der Waals surface area contributed by atoms with Gasteiger partial charge in [0.25, 0.3) is 0 Å². The van der Waals surface area contributed by atoms with Gasteiger partial charge in [-0.05, 0) is 84.9 Å². The molecule has 9 aromatic rings. The highest BCUT2D eigenvalue weighted by Gasteiger charge is 2.17. The summed E-state index contributed by atoms with van der Waals surface area (Å²) in [7, 11) is 0. The number of aromatic nitrogens is 2. The number of hydrogen-bond acceptors (Lipinski definition) is 6. The molecule has 0 spiro atoms. The molecule has 0 fully saturated rings. The van der Waals surface area contributed by atoms with Crippen LogP contribution in [0.15, 0.2) is 148 Å². The van der Waals surface area contributed by atoms with Gasteiger partial charge in [-0.2, -0.15) is 0 Å². The van der Waals surface area contributed by atoms with E-state index in [0.29, 0.717) is 11.8 Å². The largest absolute Gasteiger partial charge is 0.436 e. The summed E-state index contributed by atoms with van der Waals surface area (Å²) >= 11 is 1.80. The second-order valence-electron chi connectivity index (χ2n) is 10.7. The molecule has 0 atom stereocenters. The zero-order valence-corrected chi connectivity index (χ0v) is 24.2. The fraction of sp³-hybridized carbons (Fsp3) is 0. The van der Waals surface area contributed by atoms with Crippen molar-refractivity contribution in [3.8, 4) is 22.9 Å². The third kappa shape index (κ3) is 4.15. The zero-order chi connectivity index (χ0) is 29.0. The fourth-order valence-electron chi connectivity index (χ4n) is 5.82. The van der Waals surface area contributed by atoms with E-state index in [2.05, 4.69) is 83.8 Å². The van der Waals surface area contributed by atoms with Crippen LogP contribution in [0.1, 0.15) is 0 Å². The molecule has 9 rings (SSSR count). The zero-order valence-electron chi connectivity index (χ0n) is 23.3. The molecule has 208 valence electrons. The van der Waals surface area contributed by atoms with E-state index in [-0.39, 0.29) is 0 Å². The van der Waals surface area contributed by atoms with Crippen LogP contribution in [0.25, 0.3) is 65.3 Å². The van der Waals surface area contributed by atoms with E-state index in [1.165, 1.54) is 20.2 Å². The quantitative estimate of drug-likeness (QED) is 0.201. The number of hydrogen-bond donors (Lipinski definition) is 0. The van der Waals surface area contributed by atoms with Crippen LogP contribution in [-0.2, 0) is 0 Å². The molecule has 3 heterocycles. The molecular formula is C38H23N3O2S. The van der Waals surface area contributed by atoms with E-state index in [0.717, 1.165) is 50.4 Å². The van der Waals surface area contributed by atoms with Crippen LogP contribution >= 0.6 is 11.3 Å². The average Bonchev–Trinajstić information content (AvgIpc) is 3.80. The highest BCUT2D eigenvalue weighted by Crippen LogP contribution is 2.38. The lowest BCUT2D eigenvalue weighted by molar-refractivity contribution is 0.618. The molecule has 0 radical (unpaired) electrons. The van der Waals surface area contributed by atoms with Crippen LogP contribution in [0.5, 0.6) is 0 Å². The van der Waals surface area contributed by atoms with Gasteiger partial charge in [0.2, 0.25) is 11.8 Å². The topological polar surface area (TPSA) is 55.3 Å². The van der Waals surface area contributed by atoms with Gasteiger partial charge in [-0.25, -0.2) is 9.97 Å². The van der Waals surface area contributed by atoms with Gasteiger partial charge in [-0.15, -0.1) is 11.3 Å². The Bertz CT molecular complexity index is 2420. The Balaban J connectivity index is 1.08. The normalized spacial score (nSPS) is 11.6. The number of fused-ring (bicyclic) bond motifs is 5. The lowest BCUT2D eigenvalue weighted by atomic mass is 10.1. The van der Waals surface area contributed by atoms with Crippen LogP contribution in [0.2, 0.25) is 0 Å². The number of anilines is 3. The summed E-state index contributed by atoms with van der Waals surface area (Å²) in [5.74, 6) is 1.14. The van der Waals surface area contributed by atoms with Crippen LogP contribution in [0, 0.1) is 0 Å². The van der Waals surface area contributed by atoms with Crippen molar-refractivity contribution in [3.05, 3.63) is 140 Å². The predicted octanol–water partition coefficient (Wildman–Crippen LogP) is 11.1. The first-order chi connectivity index (χ1) is 21.8. The number of oxazole rings is 2. The summed E-state index contributed by atoms with van der Waals surface area (Å²) in [5.41, 5.74) is 7.93. The second kappa shape index (κ2) is 9.93. The van der Waals surface area contributed by atoms with Gasteiger partial charge in [-0.1, -0.05) is 54.6 Å². The van der Waals surface area contributed by atoms with Crippen LogP contribution < -0.4 is 4.90 Å². The molecule has 0 saturated heterocycles. The van der Waals surface area contributed by atoms with Gasteiger partial charge in [-0.3, -0.25) is 0 Å². The van der Waals surface area contributed by atoms with Gasteiger partial charge >= 0.3 is 0 Å². The lowest BCUT2D eigenvalue weighted by Crippen LogP contribution is -2.09. The van der Waals surface area contributed by atoms with Crippen LogP contribution in [-0.4, -0.2) is 9.97 Å². The summed E-state index contributed by atoms with van der Waals surface area (Å²) in [6.07, 6.45) is 0. The first kappa shape index (κ1) is 24.8. The molecule has 0 bridgehead atoms. The van der Waals surface area contributed by atoms with E-state index in [1.54, 1.807) is 11.3 Å². The molecule has 0 aliphatic rings. The maximum Gasteiger partial charge on any atom is 0.227 e. The van der Waals surface area contributed by atoms with Gasteiger partial charge in [0, 0.05) is 48.4 Å². The first-order valence-electron chi connectivity index (χ1n) is 14.4. The Kier molecular flexibility index (Phi) is 5.61. The number of para-hydroxylation sites is 2. The third-order valence-corrected chi connectivity index (χ3v) is 9.07. The summed E-state index contributed by atoms with van der Waals surface area (Å²) < 4.78 is 15.0. The van der Waals surface area contributed by atoms with Crippen LogP contribution in [0.4, 0.5) is 17.1 Å². The Hall–Kier alpha value is -5.72. The highest BCUT2D eigenvalue weighted by molar-refractivity contribution is 7.25. The monoisotopic (exact) mass is 585 g/mol. The van der Waals surface area contributed by atoms with Crippen molar-refractivity contribution in [1.82, 2.24) is 9.97 Å². The minimum absolute atomic E-state index is 0.542. The number of rotatable bonds is 5. The molecule has 0 amide bonds. The Labute approximate surface area is 256 Å². The number of benzene rings is 6. The van der Waals surface area contributed by atoms with E-state index >= 15 is 0 Å². The molecule has 6 aromatic carbocycles.